The Morgan fingerprint density at radius 3 is 2.64 bits per heavy atom. The number of sulfonamides is 1. The summed E-state index contributed by atoms with van der Waals surface area (Å²) in [7, 11) is -3.67. The first-order valence-corrected chi connectivity index (χ1v) is 10.5. The van der Waals surface area contributed by atoms with Crippen LogP contribution in [0.25, 0.3) is 0 Å². The van der Waals surface area contributed by atoms with E-state index in [1.54, 1.807) is 11.4 Å². The second-order valence-corrected chi connectivity index (χ2v) is 9.06. The Balaban J connectivity index is 1.74. The number of rotatable bonds is 5. The Morgan fingerprint density at radius 2 is 1.96 bits per heavy atom. The number of hydrogen-bond donors (Lipinski definition) is 2. The molecule has 1 amide bonds. The molecule has 3 aromatic rings. The van der Waals surface area contributed by atoms with Crippen molar-refractivity contribution in [2.45, 2.75) is 18.1 Å². The molecule has 130 valence electrons. The van der Waals surface area contributed by atoms with E-state index < -0.39 is 10.0 Å². The standard InChI is InChI=1S/C16H15N3O3S3/c1-10-5-6-12(11(2)8-10)17-15(20)13-9-24-16(18-13)19-25(21,22)14-4-3-7-23-14/h3-9H,1-2H3,(H,17,20)(H,18,19). The van der Waals surface area contributed by atoms with Crippen LogP contribution in [0.4, 0.5) is 10.8 Å². The summed E-state index contributed by atoms with van der Waals surface area (Å²) in [6.45, 7) is 3.88. The van der Waals surface area contributed by atoms with Crippen LogP contribution >= 0.6 is 22.7 Å². The van der Waals surface area contributed by atoms with E-state index in [2.05, 4.69) is 15.0 Å². The predicted molar refractivity (Wildman–Crippen MR) is 101 cm³/mol. The zero-order valence-corrected chi connectivity index (χ0v) is 15.9. The van der Waals surface area contributed by atoms with Crippen molar-refractivity contribution in [3.63, 3.8) is 0 Å². The summed E-state index contributed by atoms with van der Waals surface area (Å²) in [4.78, 5) is 16.4. The molecule has 3 rings (SSSR count). The molecule has 0 bridgehead atoms. The lowest BCUT2D eigenvalue weighted by atomic mass is 10.1. The molecular weight excluding hydrogens is 378 g/mol. The maximum Gasteiger partial charge on any atom is 0.275 e. The van der Waals surface area contributed by atoms with Gasteiger partial charge in [-0.3, -0.25) is 9.52 Å². The zero-order chi connectivity index (χ0) is 18.0. The molecule has 0 aliphatic carbocycles. The summed E-state index contributed by atoms with van der Waals surface area (Å²) >= 11 is 2.18. The number of aryl methyl sites for hydroxylation is 2. The molecular formula is C16H15N3O3S3. The average molecular weight is 394 g/mol. The number of carbonyl (C=O) groups is 1. The highest BCUT2D eigenvalue weighted by Gasteiger charge is 2.19. The molecule has 2 N–H and O–H groups in total. The zero-order valence-electron chi connectivity index (χ0n) is 13.4. The van der Waals surface area contributed by atoms with Gasteiger partial charge in [-0.2, -0.15) is 0 Å². The summed E-state index contributed by atoms with van der Waals surface area (Å²) in [6, 6.07) is 8.87. The van der Waals surface area contributed by atoms with Crippen molar-refractivity contribution in [3.8, 4) is 0 Å². The topological polar surface area (TPSA) is 88.2 Å². The minimum Gasteiger partial charge on any atom is -0.320 e. The molecule has 0 saturated heterocycles. The average Bonchev–Trinajstić information content (AvgIpc) is 3.21. The lowest BCUT2D eigenvalue weighted by molar-refractivity contribution is 0.102. The molecule has 0 saturated carbocycles. The maximum atomic E-state index is 12.3. The Bertz CT molecular complexity index is 1010. The normalized spacial score (nSPS) is 11.3. The number of hydrogen-bond acceptors (Lipinski definition) is 6. The lowest BCUT2D eigenvalue weighted by Crippen LogP contribution is -2.14. The van der Waals surface area contributed by atoms with E-state index in [1.807, 2.05) is 32.0 Å². The molecule has 0 aliphatic rings. The van der Waals surface area contributed by atoms with Gasteiger partial charge in [0.25, 0.3) is 15.9 Å². The van der Waals surface area contributed by atoms with Gasteiger partial charge in [-0.1, -0.05) is 23.8 Å². The molecule has 1 aromatic carbocycles. The molecule has 2 aromatic heterocycles. The number of nitrogens with one attached hydrogen (secondary N) is 2. The van der Waals surface area contributed by atoms with E-state index in [1.165, 1.54) is 11.4 Å². The third-order valence-corrected chi connectivity index (χ3v) is 6.97. The Morgan fingerprint density at radius 1 is 1.16 bits per heavy atom. The van der Waals surface area contributed by atoms with Crippen LogP contribution in [0.5, 0.6) is 0 Å². The Hall–Kier alpha value is -2.23. The highest BCUT2D eigenvalue weighted by atomic mass is 32.2. The minimum absolute atomic E-state index is 0.152. The van der Waals surface area contributed by atoms with Gasteiger partial charge in [-0.25, -0.2) is 13.4 Å². The first-order valence-electron chi connectivity index (χ1n) is 7.25. The number of carbonyl (C=O) groups excluding carboxylic acids is 1. The molecule has 6 nitrogen and oxygen atoms in total. The number of aromatic nitrogens is 1. The number of nitrogens with zero attached hydrogens (tertiary/aromatic N) is 1. The number of thiazole rings is 1. The molecule has 2 heterocycles. The Labute approximate surface area is 153 Å². The lowest BCUT2D eigenvalue weighted by Gasteiger charge is -2.07. The summed E-state index contributed by atoms with van der Waals surface area (Å²) in [6.07, 6.45) is 0. The number of benzene rings is 1. The van der Waals surface area contributed by atoms with Gasteiger partial charge in [0.2, 0.25) is 0 Å². The van der Waals surface area contributed by atoms with Gasteiger partial charge in [-0.15, -0.1) is 22.7 Å². The van der Waals surface area contributed by atoms with Crippen molar-refractivity contribution < 1.29 is 13.2 Å². The largest absolute Gasteiger partial charge is 0.320 e. The first-order chi connectivity index (χ1) is 11.8. The van der Waals surface area contributed by atoms with Gasteiger partial charge >= 0.3 is 0 Å². The van der Waals surface area contributed by atoms with Crippen LogP contribution in [0.15, 0.2) is 45.3 Å². The highest BCUT2D eigenvalue weighted by molar-refractivity contribution is 7.94. The second-order valence-electron chi connectivity index (χ2n) is 5.35. The summed E-state index contributed by atoms with van der Waals surface area (Å²) in [5.41, 5.74) is 2.91. The fourth-order valence-electron chi connectivity index (χ4n) is 2.15. The van der Waals surface area contributed by atoms with Gasteiger partial charge < -0.3 is 5.32 Å². The van der Waals surface area contributed by atoms with E-state index in [-0.39, 0.29) is 20.9 Å². The van der Waals surface area contributed by atoms with Gasteiger partial charge in [-0.05, 0) is 36.9 Å². The van der Waals surface area contributed by atoms with E-state index in [0.29, 0.717) is 5.69 Å². The summed E-state index contributed by atoms with van der Waals surface area (Å²) < 4.78 is 26.9. The smallest absolute Gasteiger partial charge is 0.275 e. The summed E-state index contributed by atoms with van der Waals surface area (Å²) in [5.74, 6) is -0.384. The van der Waals surface area contributed by atoms with Crippen LogP contribution in [0.1, 0.15) is 21.6 Å². The van der Waals surface area contributed by atoms with Crippen LogP contribution in [-0.2, 0) is 10.0 Å². The quantitative estimate of drug-likeness (QED) is 0.689. The molecule has 0 radical (unpaired) electrons. The number of amides is 1. The van der Waals surface area contributed by atoms with Gasteiger partial charge in [0, 0.05) is 11.1 Å². The van der Waals surface area contributed by atoms with Crippen molar-refractivity contribution in [1.82, 2.24) is 4.98 Å². The van der Waals surface area contributed by atoms with Crippen molar-refractivity contribution in [3.05, 3.63) is 57.9 Å². The van der Waals surface area contributed by atoms with Crippen LogP contribution < -0.4 is 10.0 Å². The molecule has 0 spiro atoms. The Kier molecular flexibility index (Phi) is 4.89. The molecule has 0 atom stereocenters. The van der Waals surface area contributed by atoms with Crippen LogP contribution in [-0.4, -0.2) is 19.3 Å². The third kappa shape index (κ3) is 4.06. The van der Waals surface area contributed by atoms with E-state index in [9.17, 15) is 13.2 Å². The second kappa shape index (κ2) is 6.95. The fourth-order valence-corrected chi connectivity index (χ4v) is 5.08. The molecule has 0 aliphatic heterocycles. The van der Waals surface area contributed by atoms with E-state index in [4.69, 9.17) is 0 Å². The van der Waals surface area contributed by atoms with Crippen molar-refractivity contribution in [2.75, 3.05) is 10.0 Å². The highest BCUT2D eigenvalue weighted by Crippen LogP contribution is 2.23. The van der Waals surface area contributed by atoms with Gasteiger partial charge in [0.1, 0.15) is 9.90 Å². The van der Waals surface area contributed by atoms with E-state index in [0.717, 1.165) is 33.8 Å². The van der Waals surface area contributed by atoms with E-state index >= 15 is 0 Å². The maximum absolute atomic E-state index is 12.3. The third-order valence-electron chi connectivity index (χ3n) is 3.35. The van der Waals surface area contributed by atoms with Crippen molar-refractivity contribution in [2.24, 2.45) is 0 Å². The predicted octanol–water partition coefficient (Wildman–Crippen LogP) is 3.87. The van der Waals surface area contributed by atoms with Crippen LogP contribution in [0.3, 0.4) is 0 Å². The van der Waals surface area contributed by atoms with Gasteiger partial charge in [0.15, 0.2) is 5.13 Å². The molecule has 25 heavy (non-hydrogen) atoms. The minimum atomic E-state index is -3.67. The summed E-state index contributed by atoms with van der Waals surface area (Å²) in [5, 5.41) is 6.14. The number of thiophene rings is 1. The van der Waals surface area contributed by atoms with Crippen molar-refractivity contribution >= 4 is 49.4 Å². The van der Waals surface area contributed by atoms with Crippen molar-refractivity contribution in [1.29, 1.82) is 0 Å². The first kappa shape index (κ1) is 17.6. The molecule has 0 fully saturated rings. The number of anilines is 2. The molecule has 9 heteroatoms. The fraction of sp³-hybridized carbons (Fsp3) is 0.125. The SMILES string of the molecule is Cc1ccc(NC(=O)c2csc(NS(=O)(=O)c3cccs3)n2)c(C)c1. The molecule has 0 unspecified atom stereocenters. The van der Waals surface area contributed by atoms with Gasteiger partial charge in [0.05, 0.1) is 0 Å². The monoisotopic (exact) mass is 393 g/mol. The van der Waals surface area contributed by atoms with Crippen LogP contribution in [0, 0.1) is 13.8 Å². The van der Waals surface area contributed by atoms with Crippen LogP contribution in [0.2, 0.25) is 0 Å².